The van der Waals surface area contributed by atoms with E-state index in [1.54, 1.807) is 20.8 Å². The van der Waals surface area contributed by atoms with E-state index in [1.807, 2.05) is 0 Å². The van der Waals surface area contributed by atoms with Gasteiger partial charge in [0.2, 0.25) is 25.4 Å². The molecule has 0 aromatic heterocycles. The summed E-state index contributed by atoms with van der Waals surface area (Å²) >= 11 is 0. The van der Waals surface area contributed by atoms with Gasteiger partial charge in [0.1, 0.15) is 0 Å². The van der Waals surface area contributed by atoms with Crippen molar-refractivity contribution in [2.45, 2.75) is 79.1 Å². The highest BCUT2D eigenvalue weighted by molar-refractivity contribution is 6.13. The van der Waals surface area contributed by atoms with Crippen LogP contribution in [0.3, 0.4) is 0 Å². The lowest BCUT2D eigenvalue weighted by Crippen LogP contribution is -2.42. The van der Waals surface area contributed by atoms with Crippen molar-refractivity contribution in [3.63, 3.8) is 0 Å². The average molecular weight is 1260 g/mol. The summed E-state index contributed by atoms with van der Waals surface area (Å²) in [5.74, 6) is -7.97. The van der Waals surface area contributed by atoms with Crippen LogP contribution in [-0.2, 0) is 76.5 Å². The van der Waals surface area contributed by atoms with Gasteiger partial charge in [-0.25, -0.2) is 4.79 Å². The number of hydrogen-bond donors (Lipinski definition) is 12. The Morgan fingerprint density at radius 1 is 0.500 bits per heavy atom. The highest BCUT2D eigenvalue weighted by Gasteiger charge is 2.25. The molecule has 0 radical (unpaired) electrons. The number of nitrogens with one attached hydrogen (secondary N) is 7. The number of nitrogens with zero attached hydrogens (tertiary/aromatic N) is 4. The zero-order valence-electron chi connectivity index (χ0n) is 51.4. The number of imide groups is 2. The monoisotopic (exact) mass is 1260 g/mol. The predicted octanol–water partition coefficient (Wildman–Crippen LogP) is -3.69. The Kier molecular flexibility index (Phi) is 46.7. The number of unbranched alkanes of at least 4 members (excludes halogenated alkanes) is 2. The third kappa shape index (κ3) is 41.9. The van der Waals surface area contributed by atoms with Crippen molar-refractivity contribution in [2.24, 2.45) is 23.5 Å². The van der Waals surface area contributed by atoms with E-state index in [9.17, 15) is 57.5 Å². The normalized spacial score (nSPS) is 13.5. The highest BCUT2D eigenvalue weighted by Crippen LogP contribution is 2.05. The van der Waals surface area contributed by atoms with Crippen molar-refractivity contribution in [2.75, 3.05) is 151 Å². The first-order chi connectivity index (χ1) is 42.0. The first kappa shape index (κ1) is 80.9. The molecule has 2 aliphatic rings. The van der Waals surface area contributed by atoms with Crippen LogP contribution < -0.4 is 43.0 Å². The van der Waals surface area contributed by atoms with Crippen LogP contribution in [0.25, 0.3) is 0 Å². The van der Waals surface area contributed by atoms with Gasteiger partial charge in [-0.05, 0) is 45.7 Å². The molecule has 13 N–H and O–H groups in total. The van der Waals surface area contributed by atoms with Crippen molar-refractivity contribution in [3.05, 3.63) is 36.5 Å². The maximum Gasteiger partial charge on any atom is 0.335 e. The van der Waals surface area contributed by atoms with Gasteiger partial charge in [0.05, 0.1) is 43.9 Å². The van der Waals surface area contributed by atoms with Crippen LogP contribution in [0.5, 0.6) is 0 Å². The number of amides is 6. The van der Waals surface area contributed by atoms with Gasteiger partial charge in [-0.1, -0.05) is 27.4 Å². The van der Waals surface area contributed by atoms with Crippen molar-refractivity contribution in [1.29, 1.82) is 0 Å². The van der Waals surface area contributed by atoms with Crippen molar-refractivity contribution >= 4 is 71.3 Å². The lowest BCUT2D eigenvalue weighted by molar-refractivity contribution is -0.172. The molecule has 6 amide bonds. The number of esters is 4. The topological polar surface area (TPSA) is 446 Å². The van der Waals surface area contributed by atoms with E-state index in [0.29, 0.717) is 78.5 Å². The Morgan fingerprint density at radius 3 is 1.18 bits per heavy atom. The standard InChI is InChI=1S/C28H48N6O10.C23H42N4O8.C5H6N2O2/c1-21(27(41)43-20-44-28(42)22(2)18-31-19-34-24(37)6-7-25(34)38)17-30-11-14-33(13-10-29-9-3-4-16-35)15-12-32-23(36)5-8-26(39)40;1-18(2)22(32)34-17-35-23(33)19(3)16-25-10-13-27(12-9-24-8-4-5-15-28)14-11-26-20(29)6-7-21(30)31;6-3-7-4(8)1-2-5(7)9/h6-7,21-22,29-31,35H,3-5,8-20H2,1-2H3,(H,32,36)(H,39,40);19,24-25,28H,1,4-17H2,2-3H3,(H,26,29)(H,30,31);1-2H,3,6H2. The second-order valence-electron chi connectivity index (χ2n) is 20.2. The Morgan fingerprint density at radius 2 is 0.841 bits per heavy atom. The predicted molar refractivity (Wildman–Crippen MR) is 317 cm³/mol. The zero-order valence-corrected chi connectivity index (χ0v) is 51.4. The smallest absolute Gasteiger partial charge is 0.335 e. The molecule has 0 saturated carbocycles. The summed E-state index contributed by atoms with van der Waals surface area (Å²) in [5, 5.41) is 56.4. The van der Waals surface area contributed by atoms with Gasteiger partial charge in [0, 0.05) is 154 Å². The minimum Gasteiger partial charge on any atom is -0.481 e. The average Bonchev–Trinajstić information content (AvgIpc) is 4.16. The fourth-order valence-corrected chi connectivity index (χ4v) is 7.23. The second-order valence-corrected chi connectivity index (χ2v) is 20.2. The number of carboxylic acids is 2. The summed E-state index contributed by atoms with van der Waals surface area (Å²) in [6, 6.07) is 0. The van der Waals surface area contributed by atoms with Gasteiger partial charge < -0.3 is 77.0 Å². The molecule has 2 rings (SSSR count). The SMILES string of the molecule is C=C(C)C(=O)OCOC(=O)C(C)CNCCN(CCNCCCCO)CCNC(=O)CCC(=O)O.CC(CNCCN(CCNCCCCO)CCNC(=O)CCC(=O)O)C(=O)OCOC(=O)C(C)CNCN1C(=O)C=CC1=O.NCN1C(=O)C=CC1=O. The molecular formula is C56H96N12O20. The first-order valence-electron chi connectivity index (χ1n) is 29.2. The number of ether oxygens (including phenoxy) is 4. The molecule has 0 aromatic rings. The van der Waals surface area contributed by atoms with Crippen LogP contribution in [0.2, 0.25) is 0 Å². The molecule has 0 aliphatic carbocycles. The Balaban J connectivity index is 0.00000153. The largest absolute Gasteiger partial charge is 0.481 e. The molecule has 32 heteroatoms. The number of rotatable bonds is 49. The molecule has 3 atom stereocenters. The van der Waals surface area contributed by atoms with E-state index in [2.05, 4.69) is 53.6 Å². The number of carbonyl (C=O) groups is 12. The van der Waals surface area contributed by atoms with E-state index in [0.717, 1.165) is 61.7 Å². The van der Waals surface area contributed by atoms with Gasteiger partial charge in [-0.2, -0.15) is 0 Å². The molecule has 0 aromatic carbocycles. The van der Waals surface area contributed by atoms with Crippen LogP contribution in [0.1, 0.15) is 79.1 Å². The molecule has 0 saturated heterocycles. The maximum absolute atomic E-state index is 12.3. The van der Waals surface area contributed by atoms with Crippen LogP contribution in [0.4, 0.5) is 0 Å². The van der Waals surface area contributed by atoms with Gasteiger partial charge in [0.15, 0.2) is 0 Å². The van der Waals surface area contributed by atoms with Crippen LogP contribution in [0.15, 0.2) is 36.5 Å². The van der Waals surface area contributed by atoms with Gasteiger partial charge in [-0.3, -0.25) is 77.7 Å². The molecule has 0 fully saturated rings. The maximum atomic E-state index is 12.3. The zero-order chi connectivity index (χ0) is 66.1. The van der Waals surface area contributed by atoms with E-state index in [-0.39, 0.29) is 88.0 Å². The van der Waals surface area contributed by atoms with Gasteiger partial charge in [-0.15, -0.1) is 0 Å². The van der Waals surface area contributed by atoms with Crippen molar-refractivity contribution < 1.29 is 96.9 Å². The molecule has 32 nitrogen and oxygen atoms in total. The molecule has 0 bridgehead atoms. The third-order valence-electron chi connectivity index (χ3n) is 12.5. The fourth-order valence-electron chi connectivity index (χ4n) is 7.23. The number of aliphatic carboxylic acids is 2. The number of nitrogens with two attached hydrogens (primary N) is 1. The Hall–Kier alpha value is -7.14. The van der Waals surface area contributed by atoms with Crippen molar-refractivity contribution in [1.82, 2.24) is 56.8 Å². The molecule has 0 spiro atoms. The minimum atomic E-state index is -1.02. The van der Waals surface area contributed by atoms with Gasteiger partial charge in [0.25, 0.3) is 23.6 Å². The molecule has 500 valence electrons. The van der Waals surface area contributed by atoms with E-state index >= 15 is 0 Å². The molecule has 2 heterocycles. The highest BCUT2D eigenvalue weighted by atomic mass is 16.7. The first-order valence-corrected chi connectivity index (χ1v) is 29.2. The molecular weight excluding hydrogens is 1160 g/mol. The van der Waals surface area contributed by atoms with E-state index < -0.39 is 79.0 Å². The molecule has 2 aliphatic heterocycles. The Bertz CT molecular complexity index is 2200. The van der Waals surface area contributed by atoms with E-state index in [1.165, 1.54) is 31.2 Å². The number of carboxylic acid groups (broad SMARTS) is 2. The minimum absolute atomic E-state index is 0.0347. The van der Waals surface area contributed by atoms with Crippen molar-refractivity contribution in [3.8, 4) is 0 Å². The molecule has 88 heavy (non-hydrogen) atoms. The quantitative estimate of drug-likeness (QED) is 0.00917. The fraction of sp³-hybridized carbons (Fsp3) is 0.679. The summed E-state index contributed by atoms with van der Waals surface area (Å²) in [6.07, 6.45) is 7.43. The van der Waals surface area contributed by atoms with E-state index in [4.69, 9.17) is 45.1 Å². The van der Waals surface area contributed by atoms with Crippen LogP contribution in [-0.4, -0.2) is 263 Å². The lowest BCUT2D eigenvalue weighted by Gasteiger charge is -2.23. The number of aliphatic hydroxyl groups is 2. The summed E-state index contributed by atoms with van der Waals surface area (Å²) in [7, 11) is 0. The second kappa shape index (κ2) is 50.8. The molecule has 3 unspecified atom stereocenters. The number of hydrogen-bond acceptors (Lipinski definition) is 26. The van der Waals surface area contributed by atoms with Gasteiger partial charge >= 0.3 is 35.8 Å². The number of aliphatic hydroxyl groups excluding tert-OH is 2. The summed E-state index contributed by atoms with van der Waals surface area (Å²) in [6.45, 7) is 18.9. The third-order valence-corrected chi connectivity index (χ3v) is 12.5. The summed E-state index contributed by atoms with van der Waals surface area (Å²) < 4.78 is 19.7. The van der Waals surface area contributed by atoms with Crippen LogP contribution in [0, 0.1) is 17.8 Å². The number of carbonyl (C=O) groups excluding carboxylic acids is 10. The van der Waals surface area contributed by atoms with Crippen LogP contribution >= 0.6 is 0 Å². The summed E-state index contributed by atoms with van der Waals surface area (Å²) in [5.41, 5.74) is 5.28. The lowest BCUT2D eigenvalue weighted by atomic mass is 10.2. The summed E-state index contributed by atoms with van der Waals surface area (Å²) in [4.78, 5) is 143. The Labute approximate surface area is 514 Å².